The van der Waals surface area contributed by atoms with E-state index >= 15 is 0 Å². The molecular formula is C22H29N3O2. The number of rotatable bonds is 4. The number of nitrogens with zero attached hydrogens (tertiary/aromatic N) is 2. The second kappa shape index (κ2) is 8.33. The lowest BCUT2D eigenvalue weighted by atomic mass is 10.1. The molecule has 0 saturated carbocycles. The van der Waals surface area contributed by atoms with Crippen LogP contribution in [0.25, 0.3) is 0 Å². The molecule has 5 heteroatoms. The van der Waals surface area contributed by atoms with Gasteiger partial charge < -0.3 is 19.9 Å². The topological polar surface area (TPSA) is 44.8 Å². The van der Waals surface area contributed by atoms with Gasteiger partial charge in [0.15, 0.2) is 0 Å². The summed E-state index contributed by atoms with van der Waals surface area (Å²) in [7, 11) is 0. The van der Waals surface area contributed by atoms with Crippen LogP contribution < -0.4 is 15.0 Å². The molecule has 2 amide bonds. The Hall–Kier alpha value is -2.69. The highest BCUT2D eigenvalue weighted by Gasteiger charge is 2.23. The Bertz CT molecular complexity index is 796. The number of nitrogens with one attached hydrogen (secondary N) is 1. The van der Waals surface area contributed by atoms with E-state index in [9.17, 15) is 4.79 Å². The summed E-state index contributed by atoms with van der Waals surface area (Å²) in [6.45, 7) is 11.1. The fourth-order valence-corrected chi connectivity index (χ4v) is 3.30. The first-order valence-electron chi connectivity index (χ1n) is 9.58. The maximum Gasteiger partial charge on any atom is 0.321 e. The molecule has 3 rings (SSSR count). The summed E-state index contributed by atoms with van der Waals surface area (Å²) < 4.78 is 5.94. The minimum Gasteiger partial charge on any atom is -0.489 e. The molecule has 0 aliphatic carbocycles. The Morgan fingerprint density at radius 1 is 1.00 bits per heavy atom. The Morgan fingerprint density at radius 3 is 2.41 bits per heavy atom. The zero-order valence-corrected chi connectivity index (χ0v) is 16.7. The molecule has 1 saturated heterocycles. The summed E-state index contributed by atoms with van der Waals surface area (Å²) in [6.07, 6.45) is 0.135. The predicted octanol–water partition coefficient (Wildman–Crippen LogP) is 4.44. The number of piperazine rings is 1. The Kier molecular flexibility index (Phi) is 5.89. The average molecular weight is 367 g/mol. The Balaban J connectivity index is 1.62. The molecular weight excluding hydrogens is 338 g/mol. The van der Waals surface area contributed by atoms with Gasteiger partial charge in [-0.05, 0) is 57.0 Å². The molecule has 0 unspecified atom stereocenters. The third-order valence-corrected chi connectivity index (χ3v) is 4.98. The third kappa shape index (κ3) is 4.54. The van der Waals surface area contributed by atoms with Crippen molar-refractivity contribution in [2.24, 2.45) is 0 Å². The first kappa shape index (κ1) is 19.1. The SMILES string of the molecule is Cc1cccc(NC(=O)N2CCN(c3ccccc3OC(C)C)CC2)c1C. The monoisotopic (exact) mass is 367 g/mol. The van der Waals surface area contributed by atoms with Crippen LogP contribution >= 0.6 is 0 Å². The maximum atomic E-state index is 12.7. The lowest BCUT2D eigenvalue weighted by Crippen LogP contribution is -2.50. The zero-order chi connectivity index (χ0) is 19.4. The smallest absolute Gasteiger partial charge is 0.321 e. The van der Waals surface area contributed by atoms with Crippen LogP contribution in [0.15, 0.2) is 42.5 Å². The molecule has 0 atom stereocenters. The van der Waals surface area contributed by atoms with Gasteiger partial charge in [0.1, 0.15) is 5.75 Å². The largest absolute Gasteiger partial charge is 0.489 e. The molecule has 0 aromatic heterocycles. The van der Waals surface area contributed by atoms with Crippen molar-refractivity contribution in [1.29, 1.82) is 0 Å². The lowest BCUT2D eigenvalue weighted by Gasteiger charge is -2.37. The number of benzene rings is 2. The van der Waals surface area contributed by atoms with Gasteiger partial charge in [-0.2, -0.15) is 0 Å². The van der Waals surface area contributed by atoms with E-state index in [4.69, 9.17) is 4.74 Å². The normalized spacial score (nSPS) is 14.4. The highest BCUT2D eigenvalue weighted by Crippen LogP contribution is 2.29. The van der Waals surface area contributed by atoms with E-state index < -0.39 is 0 Å². The summed E-state index contributed by atoms with van der Waals surface area (Å²) in [5.41, 5.74) is 4.28. The third-order valence-electron chi connectivity index (χ3n) is 4.98. The molecule has 1 fully saturated rings. The molecule has 27 heavy (non-hydrogen) atoms. The fourth-order valence-electron chi connectivity index (χ4n) is 3.30. The number of carbonyl (C=O) groups excluding carboxylic acids is 1. The minimum absolute atomic E-state index is 0.0323. The highest BCUT2D eigenvalue weighted by molar-refractivity contribution is 5.90. The quantitative estimate of drug-likeness (QED) is 0.869. The van der Waals surface area contributed by atoms with Gasteiger partial charge in [-0.3, -0.25) is 0 Å². The second-order valence-corrected chi connectivity index (χ2v) is 7.29. The van der Waals surface area contributed by atoms with E-state index in [2.05, 4.69) is 29.3 Å². The van der Waals surface area contributed by atoms with Crippen LogP contribution in [0.1, 0.15) is 25.0 Å². The molecule has 2 aromatic carbocycles. The summed E-state index contributed by atoms with van der Waals surface area (Å²) in [6, 6.07) is 14.1. The first-order chi connectivity index (χ1) is 13.0. The van der Waals surface area contributed by atoms with Gasteiger partial charge in [-0.25, -0.2) is 4.79 Å². The lowest BCUT2D eigenvalue weighted by molar-refractivity contribution is 0.207. The van der Waals surface area contributed by atoms with E-state index in [1.54, 1.807) is 0 Å². The van der Waals surface area contributed by atoms with Gasteiger partial charge in [0.05, 0.1) is 11.8 Å². The molecule has 1 heterocycles. The fraction of sp³-hybridized carbons (Fsp3) is 0.409. The number of hydrogen-bond acceptors (Lipinski definition) is 3. The highest BCUT2D eigenvalue weighted by atomic mass is 16.5. The van der Waals surface area contributed by atoms with Crippen LogP contribution in [-0.2, 0) is 0 Å². The zero-order valence-electron chi connectivity index (χ0n) is 16.7. The molecule has 1 aliphatic rings. The van der Waals surface area contributed by atoms with Gasteiger partial charge in [0.2, 0.25) is 0 Å². The Labute approximate surface area is 161 Å². The maximum absolute atomic E-state index is 12.7. The standard InChI is InChI=1S/C22H29N3O2/c1-16(2)27-21-11-6-5-10-20(21)24-12-14-25(15-13-24)22(26)23-19-9-7-8-17(3)18(19)4/h5-11,16H,12-15H2,1-4H3,(H,23,26). The van der Waals surface area contributed by atoms with Crippen LogP contribution in [0.3, 0.4) is 0 Å². The molecule has 0 spiro atoms. The van der Waals surface area contributed by atoms with Crippen molar-refractivity contribution >= 4 is 17.4 Å². The number of anilines is 2. The van der Waals surface area contributed by atoms with E-state index in [0.29, 0.717) is 13.1 Å². The number of amides is 2. The summed E-state index contributed by atoms with van der Waals surface area (Å²) in [5.74, 6) is 0.904. The number of hydrogen-bond donors (Lipinski definition) is 1. The molecule has 2 aromatic rings. The van der Waals surface area contributed by atoms with Crippen molar-refractivity contribution < 1.29 is 9.53 Å². The van der Waals surface area contributed by atoms with Gasteiger partial charge in [-0.1, -0.05) is 24.3 Å². The summed E-state index contributed by atoms with van der Waals surface area (Å²) in [5, 5.41) is 3.06. The van der Waals surface area contributed by atoms with Crippen molar-refractivity contribution in [3.8, 4) is 5.75 Å². The van der Waals surface area contributed by atoms with E-state index in [1.807, 2.05) is 56.0 Å². The molecule has 1 N–H and O–H groups in total. The van der Waals surface area contributed by atoms with Crippen LogP contribution in [0.4, 0.5) is 16.2 Å². The van der Waals surface area contributed by atoms with E-state index in [-0.39, 0.29) is 12.1 Å². The average Bonchev–Trinajstić information content (AvgIpc) is 2.65. The summed E-state index contributed by atoms with van der Waals surface area (Å²) in [4.78, 5) is 16.8. The molecule has 1 aliphatic heterocycles. The second-order valence-electron chi connectivity index (χ2n) is 7.29. The van der Waals surface area contributed by atoms with Crippen LogP contribution in [-0.4, -0.2) is 43.2 Å². The number of ether oxygens (including phenoxy) is 1. The number of urea groups is 1. The van der Waals surface area contributed by atoms with Crippen LogP contribution in [0, 0.1) is 13.8 Å². The van der Waals surface area contributed by atoms with Crippen molar-refractivity contribution in [3.05, 3.63) is 53.6 Å². The first-order valence-corrected chi connectivity index (χ1v) is 9.58. The number of carbonyl (C=O) groups is 1. The van der Waals surface area contributed by atoms with Gasteiger partial charge in [0.25, 0.3) is 0 Å². The molecule has 5 nitrogen and oxygen atoms in total. The van der Waals surface area contributed by atoms with Crippen LogP contribution in [0.5, 0.6) is 5.75 Å². The van der Waals surface area contributed by atoms with Gasteiger partial charge >= 0.3 is 6.03 Å². The van der Waals surface area contributed by atoms with Gasteiger partial charge in [-0.15, -0.1) is 0 Å². The van der Waals surface area contributed by atoms with Crippen molar-refractivity contribution in [2.45, 2.75) is 33.8 Å². The van der Waals surface area contributed by atoms with Gasteiger partial charge in [0, 0.05) is 31.9 Å². The summed E-state index contributed by atoms with van der Waals surface area (Å²) >= 11 is 0. The van der Waals surface area contributed by atoms with Crippen LogP contribution in [0.2, 0.25) is 0 Å². The van der Waals surface area contributed by atoms with Crippen molar-refractivity contribution in [1.82, 2.24) is 4.90 Å². The van der Waals surface area contributed by atoms with Crippen molar-refractivity contribution in [3.63, 3.8) is 0 Å². The van der Waals surface area contributed by atoms with E-state index in [0.717, 1.165) is 35.8 Å². The minimum atomic E-state index is -0.0323. The predicted molar refractivity (Wildman–Crippen MR) is 111 cm³/mol. The van der Waals surface area contributed by atoms with Crippen molar-refractivity contribution in [2.75, 3.05) is 36.4 Å². The Morgan fingerprint density at radius 2 is 1.70 bits per heavy atom. The number of para-hydroxylation sites is 2. The molecule has 0 bridgehead atoms. The van der Waals surface area contributed by atoms with E-state index in [1.165, 1.54) is 5.56 Å². The number of aryl methyl sites for hydroxylation is 1. The molecule has 144 valence electrons. The molecule has 0 radical (unpaired) electrons.